The third kappa shape index (κ3) is 2.71. The van der Waals surface area contributed by atoms with Crippen molar-refractivity contribution in [1.82, 2.24) is 9.97 Å². The fourth-order valence-corrected chi connectivity index (χ4v) is 2.44. The van der Waals surface area contributed by atoms with Crippen LogP contribution in [0.4, 0.5) is 5.69 Å². The highest BCUT2D eigenvalue weighted by molar-refractivity contribution is 6.30. The summed E-state index contributed by atoms with van der Waals surface area (Å²) in [6, 6.07) is 7.45. The van der Waals surface area contributed by atoms with Crippen LogP contribution in [0.25, 0.3) is 5.57 Å². The van der Waals surface area contributed by atoms with Crippen LogP contribution in [0.1, 0.15) is 17.1 Å². The summed E-state index contributed by atoms with van der Waals surface area (Å²) in [5.41, 5.74) is 2.60. The molecule has 5 nitrogen and oxygen atoms in total. The SMILES string of the molecule is C=C1C(C(=O)O)=CNc2cnc(Cc3cccc(Cl)c3)nc21. The zero-order valence-electron chi connectivity index (χ0n) is 11.5. The maximum atomic E-state index is 11.2. The summed E-state index contributed by atoms with van der Waals surface area (Å²) < 4.78 is 0. The van der Waals surface area contributed by atoms with E-state index in [4.69, 9.17) is 16.7 Å². The smallest absolute Gasteiger partial charge is 0.337 e. The second kappa shape index (κ2) is 5.61. The number of halogens is 1. The topological polar surface area (TPSA) is 75.1 Å². The van der Waals surface area contributed by atoms with Gasteiger partial charge in [-0.3, -0.25) is 0 Å². The van der Waals surface area contributed by atoms with Crippen LogP contribution >= 0.6 is 11.6 Å². The molecule has 0 spiro atoms. The molecule has 0 aliphatic carbocycles. The molecule has 3 rings (SSSR count). The molecule has 0 bridgehead atoms. The number of aliphatic carboxylic acids is 1. The summed E-state index contributed by atoms with van der Waals surface area (Å²) >= 11 is 5.97. The Morgan fingerprint density at radius 2 is 2.23 bits per heavy atom. The van der Waals surface area contributed by atoms with Gasteiger partial charge in [-0.2, -0.15) is 0 Å². The Kier molecular flexibility index (Phi) is 3.65. The zero-order valence-corrected chi connectivity index (χ0v) is 12.3. The monoisotopic (exact) mass is 313 g/mol. The van der Waals surface area contributed by atoms with E-state index in [0.717, 1.165) is 5.56 Å². The van der Waals surface area contributed by atoms with Gasteiger partial charge in [0, 0.05) is 23.2 Å². The van der Waals surface area contributed by atoms with Crippen LogP contribution < -0.4 is 5.32 Å². The summed E-state index contributed by atoms with van der Waals surface area (Å²) in [4.78, 5) is 19.9. The van der Waals surface area contributed by atoms with Gasteiger partial charge in [-0.1, -0.05) is 30.3 Å². The van der Waals surface area contributed by atoms with Crippen LogP contribution in [0, 0.1) is 0 Å². The van der Waals surface area contributed by atoms with Crippen molar-refractivity contribution in [3.8, 4) is 0 Å². The van der Waals surface area contributed by atoms with Gasteiger partial charge in [0.2, 0.25) is 0 Å². The van der Waals surface area contributed by atoms with Crippen LogP contribution in [0.15, 0.2) is 48.8 Å². The number of carboxylic acids is 1. The van der Waals surface area contributed by atoms with Crippen LogP contribution in [0.5, 0.6) is 0 Å². The number of aromatic nitrogens is 2. The molecule has 1 aliphatic heterocycles. The quantitative estimate of drug-likeness (QED) is 0.910. The van der Waals surface area contributed by atoms with Crippen molar-refractivity contribution in [3.63, 3.8) is 0 Å². The highest BCUT2D eigenvalue weighted by Gasteiger charge is 2.22. The van der Waals surface area contributed by atoms with E-state index < -0.39 is 5.97 Å². The Bertz CT molecular complexity index is 815. The predicted octanol–water partition coefficient (Wildman–Crippen LogP) is 3.13. The van der Waals surface area contributed by atoms with Crippen molar-refractivity contribution in [2.24, 2.45) is 0 Å². The minimum atomic E-state index is -1.04. The third-order valence-corrected chi connectivity index (χ3v) is 3.54. The van der Waals surface area contributed by atoms with Crippen molar-refractivity contribution in [1.29, 1.82) is 0 Å². The Morgan fingerprint density at radius 3 is 2.95 bits per heavy atom. The lowest BCUT2D eigenvalue weighted by molar-refractivity contribution is -0.132. The Labute approximate surface area is 132 Å². The third-order valence-electron chi connectivity index (χ3n) is 3.30. The molecule has 1 aliphatic rings. The van der Waals surface area contributed by atoms with E-state index in [-0.39, 0.29) is 5.57 Å². The maximum Gasteiger partial charge on any atom is 0.337 e. The van der Waals surface area contributed by atoms with E-state index in [1.165, 1.54) is 6.20 Å². The van der Waals surface area contributed by atoms with Crippen molar-refractivity contribution in [2.75, 3.05) is 5.32 Å². The Balaban J connectivity index is 1.92. The molecule has 0 fully saturated rings. The van der Waals surface area contributed by atoms with Crippen molar-refractivity contribution >= 4 is 28.8 Å². The van der Waals surface area contributed by atoms with Gasteiger partial charge >= 0.3 is 5.97 Å². The molecule has 0 saturated carbocycles. The van der Waals surface area contributed by atoms with Gasteiger partial charge in [-0.25, -0.2) is 14.8 Å². The molecule has 2 aromatic rings. The average molecular weight is 314 g/mol. The van der Waals surface area contributed by atoms with Gasteiger partial charge in [-0.15, -0.1) is 0 Å². The van der Waals surface area contributed by atoms with E-state index in [1.807, 2.05) is 18.2 Å². The van der Waals surface area contributed by atoms with Gasteiger partial charge in [0.25, 0.3) is 0 Å². The largest absolute Gasteiger partial charge is 0.478 e. The number of carboxylic acid groups (broad SMARTS) is 1. The van der Waals surface area contributed by atoms with Crippen molar-refractivity contribution < 1.29 is 9.90 Å². The van der Waals surface area contributed by atoms with Gasteiger partial charge in [0.15, 0.2) is 0 Å². The molecular formula is C16H12ClN3O2. The van der Waals surface area contributed by atoms with E-state index in [1.54, 1.807) is 12.3 Å². The Hall–Kier alpha value is -2.66. The molecule has 0 amide bonds. The number of nitrogens with zero attached hydrogens (tertiary/aromatic N) is 2. The molecule has 0 radical (unpaired) electrons. The fourth-order valence-electron chi connectivity index (χ4n) is 2.22. The van der Waals surface area contributed by atoms with E-state index >= 15 is 0 Å². The van der Waals surface area contributed by atoms with Crippen LogP contribution in [0.3, 0.4) is 0 Å². The number of benzene rings is 1. The lowest BCUT2D eigenvalue weighted by Crippen LogP contribution is -2.14. The number of fused-ring (bicyclic) bond motifs is 1. The lowest BCUT2D eigenvalue weighted by Gasteiger charge is -2.17. The van der Waals surface area contributed by atoms with Gasteiger partial charge in [0.1, 0.15) is 5.82 Å². The summed E-state index contributed by atoms with van der Waals surface area (Å²) in [6.45, 7) is 3.82. The average Bonchev–Trinajstić information content (AvgIpc) is 2.48. The van der Waals surface area contributed by atoms with E-state index in [9.17, 15) is 4.79 Å². The number of hydrogen-bond acceptors (Lipinski definition) is 4. The van der Waals surface area contributed by atoms with Crippen LogP contribution in [-0.4, -0.2) is 21.0 Å². The Morgan fingerprint density at radius 1 is 1.41 bits per heavy atom. The molecule has 2 heterocycles. The first-order valence-electron chi connectivity index (χ1n) is 6.54. The zero-order chi connectivity index (χ0) is 15.7. The fraction of sp³-hybridized carbons (Fsp3) is 0.0625. The second-order valence-corrected chi connectivity index (χ2v) is 5.28. The van der Waals surface area contributed by atoms with Crippen LogP contribution in [0.2, 0.25) is 5.02 Å². The maximum absolute atomic E-state index is 11.2. The molecular weight excluding hydrogens is 302 g/mol. The first-order chi connectivity index (χ1) is 10.5. The van der Waals surface area contributed by atoms with Crippen molar-refractivity contribution in [3.05, 3.63) is 70.9 Å². The number of nitrogens with one attached hydrogen (secondary N) is 1. The van der Waals surface area contributed by atoms with E-state index in [0.29, 0.717) is 34.2 Å². The number of carbonyl (C=O) groups is 1. The van der Waals surface area contributed by atoms with Crippen molar-refractivity contribution in [2.45, 2.75) is 6.42 Å². The van der Waals surface area contributed by atoms with Gasteiger partial charge in [0.05, 0.1) is 23.2 Å². The summed E-state index contributed by atoms with van der Waals surface area (Å²) in [7, 11) is 0. The summed E-state index contributed by atoms with van der Waals surface area (Å²) in [6.07, 6.45) is 3.53. The molecule has 0 atom stereocenters. The lowest BCUT2D eigenvalue weighted by atomic mass is 10.0. The number of rotatable bonds is 3. The normalized spacial score (nSPS) is 13.1. The van der Waals surface area contributed by atoms with Gasteiger partial charge in [-0.05, 0) is 17.7 Å². The molecule has 6 heteroatoms. The highest BCUT2D eigenvalue weighted by atomic mass is 35.5. The molecule has 2 N–H and O–H groups in total. The minimum Gasteiger partial charge on any atom is -0.478 e. The molecule has 1 aromatic heterocycles. The standard InChI is InChI=1S/C16H12ClN3O2/c1-9-12(16(21)22)7-18-13-8-19-14(20-15(9)13)6-10-3-2-4-11(17)5-10/h2-5,7-8,18H,1,6H2,(H,21,22). The molecule has 1 aromatic carbocycles. The van der Waals surface area contributed by atoms with E-state index in [2.05, 4.69) is 21.9 Å². The summed E-state index contributed by atoms with van der Waals surface area (Å²) in [5, 5.41) is 12.7. The predicted molar refractivity (Wildman–Crippen MR) is 84.7 cm³/mol. The first-order valence-corrected chi connectivity index (χ1v) is 6.92. The minimum absolute atomic E-state index is 0.0971. The molecule has 0 saturated heterocycles. The summed E-state index contributed by atoms with van der Waals surface area (Å²) in [5.74, 6) is -0.464. The highest BCUT2D eigenvalue weighted by Crippen LogP contribution is 2.30. The van der Waals surface area contributed by atoms with Crippen LogP contribution in [-0.2, 0) is 11.2 Å². The molecule has 22 heavy (non-hydrogen) atoms. The number of hydrogen-bond donors (Lipinski definition) is 2. The molecule has 0 unspecified atom stereocenters. The van der Waals surface area contributed by atoms with Gasteiger partial charge < -0.3 is 10.4 Å². The number of anilines is 1. The second-order valence-electron chi connectivity index (χ2n) is 4.84. The first kappa shape index (κ1) is 14.3. The molecule has 110 valence electrons.